The Morgan fingerprint density at radius 2 is 2.19 bits per heavy atom. The van der Waals surface area contributed by atoms with Gasteiger partial charge in [-0.25, -0.2) is 4.98 Å². The molecule has 82 valence electrons. The van der Waals surface area contributed by atoms with Crippen LogP contribution in [0.4, 0.5) is 5.13 Å². The van der Waals surface area contributed by atoms with E-state index in [9.17, 15) is 4.79 Å². The van der Waals surface area contributed by atoms with Gasteiger partial charge in [0.1, 0.15) is 5.69 Å². The second kappa shape index (κ2) is 4.40. The van der Waals surface area contributed by atoms with Crippen LogP contribution >= 0.6 is 11.3 Å². The van der Waals surface area contributed by atoms with Crippen molar-refractivity contribution in [1.29, 1.82) is 0 Å². The summed E-state index contributed by atoms with van der Waals surface area (Å²) in [7, 11) is 0. The van der Waals surface area contributed by atoms with Gasteiger partial charge in [0.25, 0.3) is 0 Å². The Kier molecular flexibility index (Phi) is 2.96. The van der Waals surface area contributed by atoms with Gasteiger partial charge in [-0.2, -0.15) is 0 Å². The second-order valence-electron chi connectivity index (χ2n) is 3.44. The monoisotopic (exact) mass is 233 g/mol. The van der Waals surface area contributed by atoms with Crippen molar-refractivity contribution in [1.82, 2.24) is 9.97 Å². The van der Waals surface area contributed by atoms with Crippen LogP contribution in [0.25, 0.3) is 11.4 Å². The number of hydrogen-bond donors (Lipinski definition) is 1. The van der Waals surface area contributed by atoms with Crippen LogP contribution in [-0.4, -0.2) is 15.9 Å². The molecule has 1 N–H and O–H groups in total. The number of thiazole rings is 1. The third-order valence-corrected chi connectivity index (χ3v) is 2.72. The molecule has 0 spiro atoms. The number of nitrogens with one attached hydrogen (secondary N) is 1. The molecular formula is C11H11N3OS. The topological polar surface area (TPSA) is 54.9 Å². The number of aromatic nitrogens is 2. The van der Waals surface area contributed by atoms with Gasteiger partial charge in [-0.15, -0.1) is 11.3 Å². The van der Waals surface area contributed by atoms with Crippen molar-refractivity contribution in [2.45, 2.75) is 13.8 Å². The Hall–Kier alpha value is -1.75. The van der Waals surface area contributed by atoms with Crippen molar-refractivity contribution >= 4 is 22.4 Å². The van der Waals surface area contributed by atoms with Gasteiger partial charge in [0.2, 0.25) is 5.91 Å². The molecule has 0 aliphatic heterocycles. The normalized spacial score (nSPS) is 10.1. The first kappa shape index (κ1) is 10.8. The van der Waals surface area contributed by atoms with Gasteiger partial charge in [-0.05, 0) is 18.6 Å². The van der Waals surface area contributed by atoms with Gasteiger partial charge in [0.15, 0.2) is 5.13 Å². The molecule has 0 aliphatic rings. The van der Waals surface area contributed by atoms with Crippen molar-refractivity contribution in [3.05, 3.63) is 29.3 Å². The van der Waals surface area contributed by atoms with Crippen molar-refractivity contribution in [2.24, 2.45) is 0 Å². The van der Waals surface area contributed by atoms with Crippen molar-refractivity contribution in [3.63, 3.8) is 0 Å². The van der Waals surface area contributed by atoms with E-state index < -0.39 is 0 Å². The zero-order valence-electron chi connectivity index (χ0n) is 9.02. The standard InChI is InChI=1S/C11H11N3OS/c1-7-3-4-9(12-5-7)10-6-16-11(14-10)13-8(2)15/h3-6H,1-2H3,(H,13,14,15). The Labute approximate surface area is 97.4 Å². The van der Waals surface area contributed by atoms with Crippen molar-refractivity contribution < 1.29 is 4.79 Å². The maximum atomic E-state index is 10.8. The highest BCUT2D eigenvalue weighted by molar-refractivity contribution is 7.14. The summed E-state index contributed by atoms with van der Waals surface area (Å²) in [6.07, 6.45) is 1.80. The van der Waals surface area contributed by atoms with Gasteiger partial charge < -0.3 is 5.32 Å². The summed E-state index contributed by atoms with van der Waals surface area (Å²) in [5, 5.41) is 5.13. The Morgan fingerprint density at radius 3 is 2.81 bits per heavy atom. The molecule has 0 bridgehead atoms. The highest BCUT2D eigenvalue weighted by Gasteiger charge is 2.06. The maximum Gasteiger partial charge on any atom is 0.223 e. The van der Waals surface area contributed by atoms with E-state index in [1.807, 2.05) is 24.4 Å². The first-order valence-electron chi connectivity index (χ1n) is 4.81. The zero-order chi connectivity index (χ0) is 11.5. The summed E-state index contributed by atoms with van der Waals surface area (Å²) in [4.78, 5) is 19.4. The minimum atomic E-state index is -0.113. The van der Waals surface area contributed by atoms with Crippen LogP contribution < -0.4 is 5.32 Å². The number of hydrogen-bond acceptors (Lipinski definition) is 4. The third kappa shape index (κ3) is 2.43. The molecule has 0 atom stereocenters. The van der Waals surface area contributed by atoms with Gasteiger partial charge >= 0.3 is 0 Å². The van der Waals surface area contributed by atoms with Crippen LogP contribution in [0.15, 0.2) is 23.7 Å². The highest BCUT2D eigenvalue weighted by Crippen LogP contribution is 2.23. The molecule has 2 heterocycles. The van der Waals surface area contributed by atoms with Crippen LogP contribution in [-0.2, 0) is 4.79 Å². The van der Waals surface area contributed by atoms with E-state index in [1.54, 1.807) is 6.20 Å². The number of aryl methyl sites for hydroxylation is 1. The van der Waals surface area contributed by atoms with E-state index in [0.29, 0.717) is 5.13 Å². The van der Waals surface area contributed by atoms with Crippen LogP contribution in [0, 0.1) is 6.92 Å². The zero-order valence-corrected chi connectivity index (χ0v) is 9.84. The maximum absolute atomic E-state index is 10.8. The number of carbonyl (C=O) groups excluding carboxylic acids is 1. The smallest absolute Gasteiger partial charge is 0.223 e. The average Bonchev–Trinajstić information content (AvgIpc) is 2.66. The predicted molar refractivity (Wildman–Crippen MR) is 64.4 cm³/mol. The molecule has 2 rings (SSSR count). The summed E-state index contributed by atoms with van der Waals surface area (Å²) in [6.45, 7) is 3.45. The molecule has 5 heteroatoms. The molecular weight excluding hydrogens is 222 g/mol. The van der Waals surface area contributed by atoms with E-state index in [0.717, 1.165) is 17.0 Å². The summed E-state index contributed by atoms with van der Waals surface area (Å²) in [6, 6.07) is 3.90. The van der Waals surface area contributed by atoms with Crippen LogP contribution in [0.5, 0.6) is 0 Å². The Bertz CT molecular complexity index is 504. The highest BCUT2D eigenvalue weighted by atomic mass is 32.1. The fourth-order valence-corrected chi connectivity index (χ4v) is 1.97. The third-order valence-electron chi connectivity index (χ3n) is 1.96. The Balaban J connectivity index is 2.24. The quantitative estimate of drug-likeness (QED) is 0.867. The summed E-state index contributed by atoms with van der Waals surface area (Å²) in [5.74, 6) is -0.113. The molecule has 4 nitrogen and oxygen atoms in total. The summed E-state index contributed by atoms with van der Waals surface area (Å²) < 4.78 is 0. The second-order valence-corrected chi connectivity index (χ2v) is 4.30. The fraction of sp³-hybridized carbons (Fsp3) is 0.182. The molecule has 2 aromatic heterocycles. The lowest BCUT2D eigenvalue weighted by molar-refractivity contribution is -0.114. The van der Waals surface area contributed by atoms with Crippen LogP contribution in [0.3, 0.4) is 0 Å². The van der Waals surface area contributed by atoms with Gasteiger partial charge in [-0.1, -0.05) is 6.07 Å². The number of anilines is 1. The molecule has 0 unspecified atom stereocenters. The minimum absolute atomic E-state index is 0.113. The molecule has 2 aromatic rings. The number of rotatable bonds is 2. The van der Waals surface area contributed by atoms with E-state index in [4.69, 9.17) is 0 Å². The molecule has 0 aromatic carbocycles. The molecule has 0 fully saturated rings. The van der Waals surface area contributed by atoms with E-state index >= 15 is 0 Å². The van der Waals surface area contributed by atoms with Gasteiger partial charge in [0.05, 0.1) is 5.69 Å². The van der Waals surface area contributed by atoms with Gasteiger partial charge in [0, 0.05) is 18.5 Å². The molecule has 0 aliphatic carbocycles. The molecule has 16 heavy (non-hydrogen) atoms. The lowest BCUT2D eigenvalue weighted by Crippen LogP contribution is -2.04. The number of nitrogens with zero attached hydrogens (tertiary/aromatic N) is 2. The number of pyridine rings is 1. The van der Waals surface area contributed by atoms with Crippen molar-refractivity contribution in [3.8, 4) is 11.4 Å². The van der Waals surface area contributed by atoms with E-state index in [-0.39, 0.29) is 5.91 Å². The van der Waals surface area contributed by atoms with E-state index in [2.05, 4.69) is 15.3 Å². The molecule has 0 saturated carbocycles. The SMILES string of the molecule is CC(=O)Nc1nc(-c2ccc(C)cn2)cs1. The summed E-state index contributed by atoms with van der Waals surface area (Å²) in [5.41, 5.74) is 2.72. The fourth-order valence-electron chi connectivity index (χ4n) is 1.22. The summed E-state index contributed by atoms with van der Waals surface area (Å²) >= 11 is 1.39. The molecule has 0 radical (unpaired) electrons. The minimum Gasteiger partial charge on any atom is -0.302 e. The van der Waals surface area contributed by atoms with Crippen LogP contribution in [0.2, 0.25) is 0 Å². The lowest BCUT2D eigenvalue weighted by Gasteiger charge is -1.96. The largest absolute Gasteiger partial charge is 0.302 e. The molecule has 0 saturated heterocycles. The first-order chi connectivity index (χ1) is 7.65. The molecule has 1 amide bonds. The Morgan fingerprint density at radius 1 is 1.38 bits per heavy atom. The average molecular weight is 233 g/mol. The van der Waals surface area contributed by atoms with Crippen LogP contribution in [0.1, 0.15) is 12.5 Å². The van der Waals surface area contributed by atoms with Gasteiger partial charge in [-0.3, -0.25) is 9.78 Å². The lowest BCUT2D eigenvalue weighted by atomic mass is 10.2. The predicted octanol–water partition coefficient (Wildman–Crippen LogP) is 2.47. The van der Waals surface area contributed by atoms with Crippen molar-refractivity contribution in [2.75, 3.05) is 5.32 Å². The number of carbonyl (C=O) groups is 1. The number of amides is 1. The first-order valence-corrected chi connectivity index (χ1v) is 5.69. The van der Waals surface area contributed by atoms with E-state index in [1.165, 1.54) is 18.3 Å².